The number of nitro groups is 1. The number of carbonyl (C=O) groups excluding carboxylic acids is 1. The van der Waals surface area contributed by atoms with Crippen LogP contribution in [0.15, 0.2) is 39.9 Å². The van der Waals surface area contributed by atoms with E-state index in [4.69, 9.17) is 4.42 Å². The van der Waals surface area contributed by atoms with E-state index in [0.717, 1.165) is 32.4 Å². The molecule has 0 radical (unpaired) electrons. The van der Waals surface area contributed by atoms with E-state index < -0.39 is 4.92 Å². The van der Waals surface area contributed by atoms with Gasteiger partial charge in [-0.2, -0.15) is 5.10 Å². The molecule has 0 bridgehead atoms. The van der Waals surface area contributed by atoms with Crippen LogP contribution in [0, 0.1) is 17.0 Å². The van der Waals surface area contributed by atoms with Crippen molar-refractivity contribution in [3.8, 4) is 0 Å². The molecule has 160 valence electrons. The van der Waals surface area contributed by atoms with Crippen LogP contribution in [0.25, 0.3) is 10.9 Å². The number of nitrogens with zero attached hydrogens (tertiary/aromatic N) is 4. The Bertz CT molecular complexity index is 1210. The van der Waals surface area contributed by atoms with E-state index in [1.807, 2.05) is 0 Å². The average molecular weight is 421 g/mol. The molecular formula is C22H23N5O4. The Balaban J connectivity index is 1.30. The molecule has 9 heteroatoms. The molecule has 3 aromatic rings. The van der Waals surface area contributed by atoms with E-state index >= 15 is 0 Å². The van der Waals surface area contributed by atoms with Crippen molar-refractivity contribution < 1.29 is 14.1 Å². The first-order valence-electron chi connectivity index (χ1n) is 10.4. The maximum absolute atomic E-state index is 12.5. The molecule has 1 atom stereocenters. The Morgan fingerprint density at radius 2 is 2.23 bits per heavy atom. The zero-order valence-electron chi connectivity index (χ0n) is 17.2. The van der Waals surface area contributed by atoms with Crippen LogP contribution in [-0.2, 0) is 17.8 Å². The summed E-state index contributed by atoms with van der Waals surface area (Å²) in [6, 6.07) is 9.57. The van der Waals surface area contributed by atoms with Crippen molar-refractivity contribution in [1.29, 1.82) is 0 Å². The van der Waals surface area contributed by atoms with Gasteiger partial charge in [0.1, 0.15) is 4.92 Å². The van der Waals surface area contributed by atoms with Gasteiger partial charge in [0.05, 0.1) is 24.9 Å². The van der Waals surface area contributed by atoms with Gasteiger partial charge in [0.2, 0.25) is 0 Å². The van der Waals surface area contributed by atoms with Gasteiger partial charge in [-0.25, -0.2) is 5.43 Å². The maximum atomic E-state index is 12.5. The number of furan rings is 1. The van der Waals surface area contributed by atoms with Crippen LogP contribution < -0.4 is 5.43 Å². The standard InChI is InChI=1S/C22H23N5O4/c1-14-5-7-18-17(11-14)16-3-2-4-19-22(16)26(18)10-9-25(19)13-20(28)24-23-12-15-6-8-21(31-15)27(29)30/h5-8,11-12,19H,2-4,9-10,13H2,1H3,(H,24,28). The average Bonchev–Trinajstić information content (AvgIpc) is 3.34. The third-order valence-electron chi connectivity index (χ3n) is 6.16. The van der Waals surface area contributed by atoms with Gasteiger partial charge in [0.25, 0.3) is 5.91 Å². The molecule has 1 amide bonds. The SMILES string of the molecule is Cc1ccc2c(c1)c1c3n2CCN(CC(=O)NN=Cc2ccc([N+](=O)[O-])o2)C3CCC1. The first-order chi connectivity index (χ1) is 15.0. The summed E-state index contributed by atoms with van der Waals surface area (Å²) in [6.45, 7) is 4.04. The minimum Gasteiger partial charge on any atom is -0.400 e. The van der Waals surface area contributed by atoms with Gasteiger partial charge in [0, 0.05) is 29.7 Å². The number of aromatic nitrogens is 1. The third kappa shape index (κ3) is 3.50. The normalized spacial score (nSPS) is 18.4. The van der Waals surface area contributed by atoms with Gasteiger partial charge in [-0.1, -0.05) is 11.6 Å². The number of amides is 1. The van der Waals surface area contributed by atoms with Crippen molar-refractivity contribution >= 4 is 28.9 Å². The van der Waals surface area contributed by atoms with Crippen LogP contribution in [0.3, 0.4) is 0 Å². The number of carbonyl (C=O) groups is 1. The Labute approximate surface area is 178 Å². The lowest BCUT2D eigenvalue weighted by atomic mass is 9.89. The van der Waals surface area contributed by atoms with E-state index in [2.05, 4.69) is 45.1 Å². The summed E-state index contributed by atoms with van der Waals surface area (Å²) in [6.07, 6.45) is 4.49. The van der Waals surface area contributed by atoms with Gasteiger partial charge >= 0.3 is 5.88 Å². The fourth-order valence-corrected chi connectivity index (χ4v) is 4.88. The Morgan fingerprint density at radius 3 is 3.03 bits per heavy atom. The highest BCUT2D eigenvalue weighted by Crippen LogP contribution is 2.42. The fourth-order valence-electron chi connectivity index (χ4n) is 4.88. The molecule has 0 fully saturated rings. The molecular weight excluding hydrogens is 398 g/mol. The quantitative estimate of drug-likeness (QED) is 0.387. The third-order valence-corrected chi connectivity index (χ3v) is 6.16. The number of hydrogen-bond donors (Lipinski definition) is 1. The van der Waals surface area contributed by atoms with Crippen LogP contribution >= 0.6 is 0 Å². The van der Waals surface area contributed by atoms with Crippen molar-refractivity contribution in [2.45, 2.75) is 38.8 Å². The minimum absolute atomic E-state index is 0.210. The number of fused-ring (bicyclic) bond motifs is 3. The lowest BCUT2D eigenvalue weighted by Crippen LogP contribution is -2.44. The summed E-state index contributed by atoms with van der Waals surface area (Å²) >= 11 is 0. The summed E-state index contributed by atoms with van der Waals surface area (Å²) in [5.41, 5.74) is 7.85. The second kappa shape index (κ2) is 7.66. The lowest BCUT2D eigenvalue weighted by Gasteiger charge is -2.39. The van der Waals surface area contributed by atoms with Crippen LogP contribution in [0.5, 0.6) is 0 Å². The van der Waals surface area contributed by atoms with Gasteiger partial charge in [0.15, 0.2) is 5.76 Å². The summed E-state index contributed by atoms with van der Waals surface area (Å²) in [5.74, 6) is -0.369. The Morgan fingerprint density at radius 1 is 1.35 bits per heavy atom. The van der Waals surface area contributed by atoms with E-state index in [-0.39, 0.29) is 30.1 Å². The van der Waals surface area contributed by atoms with Gasteiger partial charge in [-0.05, 0) is 49.9 Å². The molecule has 1 N–H and O–H groups in total. The molecule has 1 aromatic carbocycles. The molecule has 0 spiro atoms. The maximum Gasteiger partial charge on any atom is 0.433 e. The van der Waals surface area contributed by atoms with Crippen molar-refractivity contribution in [2.75, 3.05) is 13.1 Å². The highest BCUT2D eigenvalue weighted by molar-refractivity contribution is 5.87. The van der Waals surface area contributed by atoms with Gasteiger partial charge < -0.3 is 8.98 Å². The molecule has 1 aliphatic carbocycles. The number of aryl methyl sites for hydroxylation is 2. The van der Waals surface area contributed by atoms with E-state index in [1.54, 1.807) is 0 Å². The lowest BCUT2D eigenvalue weighted by molar-refractivity contribution is -0.402. The zero-order valence-corrected chi connectivity index (χ0v) is 17.2. The first-order valence-corrected chi connectivity index (χ1v) is 10.4. The predicted molar refractivity (Wildman–Crippen MR) is 115 cm³/mol. The highest BCUT2D eigenvalue weighted by Gasteiger charge is 2.35. The van der Waals surface area contributed by atoms with Crippen LogP contribution in [0.2, 0.25) is 0 Å². The number of hydrazone groups is 1. The van der Waals surface area contributed by atoms with Gasteiger partial charge in [-0.15, -0.1) is 0 Å². The second-order valence-corrected chi connectivity index (χ2v) is 8.14. The van der Waals surface area contributed by atoms with Crippen LogP contribution in [0.1, 0.15) is 41.5 Å². The molecule has 1 unspecified atom stereocenters. The van der Waals surface area contributed by atoms with Crippen LogP contribution in [-0.4, -0.2) is 39.6 Å². The fraction of sp³-hybridized carbons (Fsp3) is 0.364. The Hall–Kier alpha value is -3.46. The van der Waals surface area contributed by atoms with Crippen molar-refractivity contribution in [3.63, 3.8) is 0 Å². The minimum atomic E-state index is -0.620. The number of nitrogens with one attached hydrogen (secondary N) is 1. The summed E-state index contributed by atoms with van der Waals surface area (Å²) in [4.78, 5) is 24.8. The molecule has 2 aromatic heterocycles. The van der Waals surface area contributed by atoms with Crippen molar-refractivity contribution in [2.24, 2.45) is 5.10 Å². The molecule has 3 heterocycles. The molecule has 0 saturated carbocycles. The molecule has 2 aliphatic rings. The summed E-state index contributed by atoms with van der Waals surface area (Å²) in [7, 11) is 0. The molecule has 31 heavy (non-hydrogen) atoms. The molecule has 5 rings (SSSR count). The first kappa shape index (κ1) is 19.5. The predicted octanol–water partition coefficient (Wildman–Crippen LogP) is 3.29. The largest absolute Gasteiger partial charge is 0.433 e. The van der Waals surface area contributed by atoms with E-state index in [9.17, 15) is 14.9 Å². The molecule has 0 saturated heterocycles. The Kier molecular flexibility index (Phi) is 4.82. The van der Waals surface area contributed by atoms with Crippen molar-refractivity contribution in [3.05, 3.63) is 63.0 Å². The molecule has 1 aliphatic heterocycles. The summed E-state index contributed by atoms with van der Waals surface area (Å²) in [5, 5.41) is 15.9. The highest BCUT2D eigenvalue weighted by atomic mass is 16.6. The zero-order chi connectivity index (χ0) is 21.5. The summed E-state index contributed by atoms with van der Waals surface area (Å²) < 4.78 is 7.43. The van der Waals surface area contributed by atoms with E-state index in [0.29, 0.717) is 0 Å². The van der Waals surface area contributed by atoms with Crippen LogP contribution in [0.4, 0.5) is 5.88 Å². The second-order valence-electron chi connectivity index (χ2n) is 8.14. The number of rotatable bonds is 5. The van der Waals surface area contributed by atoms with Gasteiger partial charge in [-0.3, -0.25) is 19.8 Å². The van der Waals surface area contributed by atoms with E-state index in [1.165, 1.54) is 46.1 Å². The number of hydrogen-bond acceptors (Lipinski definition) is 6. The monoisotopic (exact) mass is 421 g/mol. The molecule has 9 nitrogen and oxygen atoms in total. The smallest absolute Gasteiger partial charge is 0.400 e. The number of benzene rings is 1. The topological polar surface area (TPSA) is 106 Å². The van der Waals surface area contributed by atoms with Crippen molar-refractivity contribution in [1.82, 2.24) is 14.9 Å².